The van der Waals surface area contributed by atoms with E-state index in [0.29, 0.717) is 19.4 Å². The highest BCUT2D eigenvalue weighted by atomic mass is 16.2. The molecule has 0 aliphatic carbocycles. The molecule has 0 radical (unpaired) electrons. The molecule has 6 rings (SSSR count). The van der Waals surface area contributed by atoms with Crippen molar-refractivity contribution in [1.29, 1.82) is 0 Å². The van der Waals surface area contributed by atoms with Crippen LogP contribution < -0.4 is 16.0 Å². The van der Waals surface area contributed by atoms with E-state index in [2.05, 4.69) is 39.9 Å². The zero-order valence-corrected chi connectivity index (χ0v) is 29.8. The zero-order valence-electron chi connectivity index (χ0n) is 29.8. The molecule has 0 saturated carbocycles. The van der Waals surface area contributed by atoms with Gasteiger partial charge in [-0.25, -0.2) is 0 Å². The van der Waals surface area contributed by atoms with Crippen LogP contribution in [0.1, 0.15) is 60.9 Å². The number of fused-ring (bicyclic) bond motifs is 1. The molecule has 0 aromatic heterocycles. The summed E-state index contributed by atoms with van der Waals surface area (Å²) < 4.78 is 0. The van der Waals surface area contributed by atoms with E-state index in [1.165, 1.54) is 5.56 Å². The van der Waals surface area contributed by atoms with Crippen molar-refractivity contribution in [2.24, 2.45) is 5.92 Å². The molecule has 4 aromatic rings. The Morgan fingerprint density at radius 3 is 1.88 bits per heavy atom. The minimum Gasteiger partial charge on any atom is -0.343 e. The van der Waals surface area contributed by atoms with Gasteiger partial charge in [0, 0.05) is 25.0 Å². The lowest BCUT2D eigenvalue weighted by Gasteiger charge is -2.35. The molecule has 2 aliphatic heterocycles. The highest BCUT2D eigenvalue weighted by molar-refractivity contribution is 5.94. The van der Waals surface area contributed by atoms with Crippen LogP contribution in [-0.2, 0) is 27.3 Å². The third-order valence-electron chi connectivity index (χ3n) is 10.7. The summed E-state index contributed by atoms with van der Waals surface area (Å²) in [4.78, 5) is 47.4. The Labute approximate surface area is 302 Å². The van der Waals surface area contributed by atoms with E-state index in [-0.39, 0.29) is 35.7 Å². The monoisotopic (exact) mass is 685 g/mol. The third-order valence-corrected chi connectivity index (χ3v) is 10.7. The number of amides is 3. The number of hydrogen-bond acceptors (Lipinski definition) is 5. The van der Waals surface area contributed by atoms with Crippen molar-refractivity contribution in [1.82, 2.24) is 25.8 Å². The number of nitrogens with one attached hydrogen (secondary N) is 3. The Morgan fingerprint density at radius 1 is 0.765 bits per heavy atom. The molecule has 0 spiro atoms. The maximum Gasteiger partial charge on any atom is 0.246 e. The quantitative estimate of drug-likeness (QED) is 0.163. The molecular weight excluding hydrogens is 635 g/mol. The molecular formula is C43H51N5O3. The van der Waals surface area contributed by atoms with Gasteiger partial charge in [0.1, 0.15) is 12.1 Å². The standard InChI is InChI=1S/C43H51N5O3/c1-3-47(29-32-18-10-5-11-19-32)30-35-24-25-36-26-27-38(42(50)45-39(33-20-12-6-13-21-33)34-22-14-7-15-23-34)48(36)43(51)40(35)46-41(49)37(44-2)28-31-16-8-4-9-17-31/h4-23,35-40,44H,3,24-30H2,1-2H3,(H,45,50)(H,46,49)/t35-,36+,37-,38+,40+/m1/s1. The Hall–Kier alpha value is -4.79. The van der Waals surface area contributed by atoms with Gasteiger partial charge in [0.15, 0.2) is 0 Å². The van der Waals surface area contributed by atoms with Gasteiger partial charge >= 0.3 is 0 Å². The van der Waals surface area contributed by atoms with Crippen molar-refractivity contribution >= 4 is 17.7 Å². The van der Waals surface area contributed by atoms with Gasteiger partial charge < -0.3 is 20.9 Å². The van der Waals surface area contributed by atoms with E-state index in [0.717, 1.165) is 49.0 Å². The summed E-state index contributed by atoms with van der Waals surface area (Å²) in [6.07, 6.45) is 3.41. The smallest absolute Gasteiger partial charge is 0.246 e. The lowest BCUT2D eigenvalue weighted by atomic mass is 9.91. The fraction of sp³-hybridized carbons (Fsp3) is 0.372. The Kier molecular flexibility index (Phi) is 12.3. The molecule has 51 heavy (non-hydrogen) atoms. The van der Waals surface area contributed by atoms with E-state index in [1.807, 2.05) is 114 Å². The van der Waals surface area contributed by atoms with E-state index in [9.17, 15) is 14.4 Å². The molecule has 2 saturated heterocycles. The second kappa shape index (κ2) is 17.4. The molecule has 0 bridgehead atoms. The van der Waals surface area contributed by atoms with Crippen molar-refractivity contribution in [3.05, 3.63) is 144 Å². The predicted molar refractivity (Wildman–Crippen MR) is 202 cm³/mol. The molecule has 0 unspecified atom stereocenters. The fourth-order valence-electron chi connectivity index (χ4n) is 7.87. The van der Waals surface area contributed by atoms with E-state index >= 15 is 0 Å². The van der Waals surface area contributed by atoms with Crippen LogP contribution in [0.25, 0.3) is 0 Å². The number of benzene rings is 4. The average Bonchev–Trinajstić information content (AvgIpc) is 3.56. The number of carbonyl (C=O) groups excluding carboxylic acids is 3. The van der Waals surface area contributed by atoms with Crippen molar-refractivity contribution < 1.29 is 14.4 Å². The molecule has 4 aromatic carbocycles. The minimum absolute atomic E-state index is 0.0573. The van der Waals surface area contributed by atoms with Crippen LogP contribution in [0.5, 0.6) is 0 Å². The summed E-state index contributed by atoms with van der Waals surface area (Å²) in [5, 5.41) is 9.74. The van der Waals surface area contributed by atoms with Gasteiger partial charge in [0.25, 0.3) is 0 Å². The fourth-order valence-corrected chi connectivity index (χ4v) is 7.87. The van der Waals surface area contributed by atoms with Crippen LogP contribution in [0, 0.1) is 5.92 Å². The van der Waals surface area contributed by atoms with Crippen LogP contribution in [0.15, 0.2) is 121 Å². The Bertz CT molecular complexity index is 1670. The third kappa shape index (κ3) is 8.93. The summed E-state index contributed by atoms with van der Waals surface area (Å²) >= 11 is 0. The summed E-state index contributed by atoms with van der Waals surface area (Å²) in [5.74, 6) is -0.643. The first-order valence-corrected chi connectivity index (χ1v) is 18.5. The van der Waals surface area contributed by atoms with Crippen LogP contribution >= 0.6 is 0 Å². The summed E-state index contributed by atoms with van der Waals surface area (Å²) in [6, 6.07) is 37.9. The molecule has 5 atom stereocenters. The Morgan fingerprint density at radius 2 is 1.31 bits per heavy atom. The second-order valence-electron chi connectivity index (χ2n) is 13.9. The van der Waals surface area contributed by atoms with E-state index < -0.39 is 18.1 Å². The predicted octanol–water partition coefficient (Wildman–Crippen LogP) is 5.50. The molecule has 3 N–H and O–H groups in total. The largest absolute Gasteiger partial charge is 0.343 e. The van der Waals surface area contributed by atoms with Crippen LogP contribution in [0.2, 0.25) is 0 Å². The average molecular weight is 686 g/mol. The summed E-state index contributed by atoms with van der Waals surface area (Å²) in [6.45, 7) is 4.37. The maximum atomic E-state index is 14.9. The minimum atomic E-state index is -0.758. The SMILES string of the molecule is CCN(Cc1ccccc1)C[C@H]1CC[C@H]2CC[C@@H](C(=O)NC(c3ccccc3)c3ccccc3)N2C(=O)[C@H]1NC(=O)[C@@H](Cc1ccccc1)NC. The first kappa shape index (κ1) is 36.0. The molecule has 2 fully saturated rings. The van der Waals surface area contributed by atoms with Crippen LogP contribution in [0.3, 0.4) is 0 Å². The molecule has 2 aliphatic rings. The van der Waals surface area contributed by atoms with Gasteiger partial charge in [-0.05, 0) is 68.0 Å². The van der Waals surface area contributed by atoms with Gasteiger partial charge in [0.05, 0.1) is 12.1 Å². The first-order chi connectivity index (χ1) is 24.9. The number of carbonyl (C=O) groups is 3. The molecule has 266 valence electrons. The van der Waals surface area contributed by atoms with Crippen molar-refractivity contribution in [3.63, 3.8) is 0 Å². The van der Waals surface area contributed by atoms with Crippen LogP contribution in [-0.4, -0.2) is 71.8 Å². The van der Waals surface area contributed by atoms with Gasteiger partial charge in [-0.3, -0.25) is 19.3 Å². The highest BCUT2D eigenvalue weighted by Gasteiger charge is 2.48. The Balaban J connectivity index is 1.26. The topological polar surface area (TPSA) is 93.8 Å². The zero-order chi connectivity index (χ0) is 35.6. The second-order valence-corrected chi connectivity index (χ2v) is 13.9. The number of likely N-dealkylation sites (N-methyl/N-ethyl adjacent to an activating group) is 1. The lowest BCUT2D eigenvalue weighted by molar-refractivity contribution is -0.144. The van der Waals surface area contributed by atoms with Gasteiger partial charge in [-0.2, -0.15) is 0 Å². The lowest BCUT2D eigenvalue weighted by Crippen LogP contribution is -2.59. The van der Waals surface area contributed by atoms with Gasteiger partial charge in [-0.15, -0.1) is 0 Å². The molecule has 3 amide bonds. The van der Waals surface area contributed by atoms with Crippen molar-refractivity contribution in [3.8, 4) is 0 Å². The molecule has 8 nitrogen and oxygen atoms in total. The maximum absolute atomic E-state index is 14.9. The number of rotatable bonds is 14. The van der Waals surface area contributed by atoms with E-state index in [4.69, 9.17) is 0 Å². The van der Waals surface area contributed by atoms with Gasteiger partial charge in [0.2, 0.25) is 17.7 Å². The highest BCUT2D eigenvalue weighted by Crippen LogP contribution is 2.35. The molecule has 8 heteroatoms. The van der Waals surface area contributed by atoms with Gasteiger partial charge in [-0.1, -0.05) is 128 Å². The normalized spacial score (nSPS) is 20.9. The number of nitrogens with zero attached hydrogens (tertiary/aromatic N) is 2. The summed E-state index contributed by atoms with van der Waals surface area (Å²) in [7, 11) is 1.78. The molecule has 2 heterocycles. The number of hydrogen-bond donors (Lipinski definition) is 3. The van der Waals surface area contributed by atoms with E-state index in [1.54, 1.807) is 7.05 Å². The van der Waals surface area contributed by atoms with Crippen molar-refractivity contribution in [2.45, 2.75) is 75.8 Å². The first-order valence-electron chi connectivity index (χ1n) is 18.5. The van der Waals surface area contributed by atoms with Crippen molar-refractivity contribution in [2.75, 3.05) is 20.1 Å². The summed E-state index contributed by atoms with van der Waals surface area (Å²) in [5.41, 5.74) is 4.21. The van der Waals surface area contributed by atoms with Crippen LogP contribution in [0.4, 0.5) is 0 Å².